The summed E-state index contributed by atoms with van der Waals surface area (Å²) >= 11 is 0. The molecule has 3 aliphatic carbocycles. The normalized spacial score (nSPS) is 39.3. The maximum atomic E-state index is 12.7. The molecule has 0 aromatic heterocycles. The summed E-state index contributed by atoms with van der Waals surface area (Å²) in [5.41, 5.74) is 0.252. The smallest absolute Gasteiger partial charge is 0.309 e. The topological polar surface area (TPSA) is 67.2 Å². The minimum atomic E-state index is -0.574. The predicted octanol–water partition coefficient (Wildman–Crippen LogP) is 3.98. The van der Waals surface area contributed by atoms with Crippen molar-refractivity contribution >= 4 is 11.8 Å². The van der Waals surface area contributed by atoms with Crippen LogP contribution in [0, 0.1) is 39.4 Å². The van der Waals surface area contributed by atoms with E-state index in [0.29, 0.717) is 0 Å². The lowest BCUT2D eigenvalue weighted by atomic mass is 9.43. The SMILES string of the molecule is COC(=O)[C@@H]1CCC=C2C1(C)CC[C@H]1C(C)(C)C(=O)C(C#N)=C[C@]21C. The molecule has 0 N–H and O–H groups in total. The van der Waals surface area contributed by atoms with Gasteiger partial charge in [-0.25, -0.2) is 0 Å². The van der Waals surface area contributed by atoms with Crippen LogP contribution in [0.5, 0.6) is 0 Å². The van der Waals surface area contributed by atoms with Crippen LogP contribution in [0.3, 0.4) is 0 Å². The lowest BCUT2D eigenvalue weighted by molar-refractivity contribution is -0.152. The monoisotopic (exact) mass is 341 g/mol. The highest BCUT2D eigenvalue weighted by Crippen LogP contribution is 2.65. The fourth-order valence-electron chi connectivity index (χ4n) is 5.97. The molecule has 0 saturated heterocycles. The summed E-state index contributed by atoms with van der Waals surface area (Å²) in [6.07, 6.45) is 7.50. The van der Waals surface area contributed by atoms with Crippen molar-refractivity contribution < 1.29 is 14.3 Å². The van der Waals surface area contributed by atoms with Gasteiger partial charge < -0.3 is 4.74 Å². The molecular formula is C21H27NO3. The van der Waals surface area contributed by atoms with Crippen molar-refractivity contribution in [1.29, 1.82) is 5.26 Å². The van der Waals surface area contributed by atoms with Gasteiger partial charge in [-0.05, 0) is 31.6 Å². The van der Waals surface area contributed by atoms with Gasteiger partial charge in [-0.2, -0.15) is 5.26 Å². The first-order valence-corrected chi connectivity index (χ1v) is 9.09. The minimum Gasteiger partial charge on any atom is -0.469 e. The van der Waals surface area contributed by atoms with E-state index >= 15 is 0 Å². The van der Waals surface area contributed by atoms with Crippen molar-refractivity contribution in [2.24, 2.45) is 28.1 Å². The van der Waals surface area contributed by atoms with Gasteiger partial charge in [0.1, 0.15) is 6.07 Å². The van der Waals surface area contributed by atoms with Crippen LogP contribution in [-0.4, -0.2) is 18.9 Å². The van der Waals surface area contributed by atoms with Crippen molar-refractivity contribution in [3.8, 4) is 6.07 Å². The molecule has 0 spiro atoms. The van der Waals surface area contributed by atoms with E-state index in [9.17, 15) is 14.9 Å². The van der Waals surface area contributed by atoms with Crippen LogP contribution in [0.4, 0.5) is 0 Å². The van der Waals surface area contributed by atoms with E-state index < -0.39 is 5.41 Å². The Hall–Kier alpha value is -1.89. The van der Waals surface area contributed by atoms with Gasteiger partial charge in [0.2, 0.25) is 0 Å². The van der Waals surface area contributed by atoms with Gasteiger partial charge in [-0.3, -0.25) is 9.59 Å². The first kappa shape index (κ1) is 17.9. The number of hydrogen-bond acceptors (Lipinski definition) is 4. The lowest BCUT2D eigenvalue weighted by Gasteiger charge is -2.59. The van der Waals surface area contributed by atoms with E-state index in [0.717, 1.165) is 25.7 Å². The van der Waals surface area contributed by atoms with Crippen LogP contribution in [0.2, 0.25) is 0 Å². The summed E-state index contributed by atoms with van der Waals surface area (Å²) in [5.74, 6) is -0.219. The Morgan fingerprint density at radius 1 is 1.28 bits per heavy atom. The molecule has 25 heavy (non-hydrogen) atoms. The number of carbonyl (C=O) groups excluding carboxylic acids is 2. The number of Topliss-reactive ketones (excluding diaryl/α,β-unsaturated/α-hetero) is 1. The summed E-state index contributed by atoms with van der Waals surface area (Å²) in [6, 6.07) is 2.11. The number of allylic oxidation sites excluding steroid dienone is 4. The third-order valence-electron chi connectivity index (χ3n) is 7.20. The number of carbonyl (C=O) groups is 2. The fraction of sp³-hybridized carbons (Fsp3) is 0.667. The van der Waals surface area contributed by atoms with E-state index in [1.165, 1.54) is 12.7 Å². The van der Waals surface area contributed by atoms with Crippen LogP contribution >= 0.6 is 0 Å². The molecule has 0 bridgehead atoms. The standard InChI is InChI=1S/C21H27NO3/c1-19(2)15-9-10-20(3)14(18(24)25-5)7-6-8-16(20)21(15,4)11-13(12-22)17(19)23/h8,11,14-15H,6-7,9-10H2,1-5H3/t14-,15-,20?,21-/m0/s1. The van der Waals surface area contributed by atoms with Crippen molar-refractivity contribution in [3.05, 3.63) is 23.3 Å². The fourth-order valence-corrected chi connectivity index (χ4v) is 5.97. The maximum absolute atomic E-state index is 12.7. The Labute approximate surface area is 149 Å². The summed E-state index contributed by atoms with van der Waals surface area (Å²) in [4.78, 5) is 25.2. The first-order valence-electron chi connectivity index (χ1n) is 9.09. The molecule has 4 nitrogen and oxygen atoms in total. The second-order valence-electron chi connectivity index (χ2n) is 8.78. The van der Waals surface area contributed by atoms with Crippen molar-refractivity contribution in [2.75, 3.05) is 7.11 Å². The van der Waals surface area contributed by atoms with Crippen LogP contribution in [0.25, 0.3) is 0 Å². The highest BCUT2D eigenvalue weighted by atomic mass is 16.5. The minimum absolute atomic E-state index is 0.0537. The number of esters is 1. The number of rotatable bonds is 1. The van der Waals surface area contributed by atoms with Gasteiger partial charge in [-0.1, -0.05) is 45.4 Å². The molecule has 1 saturated carbocycles. The van der Waals surface area contributed by atoms with Gasteiger partial charge in [-0.15, -0.1) is 0 Å². The number of hydrogen-bond donors (Lipinski definition) is 0. The lowest BCUT2D eigenvalue weighted by Crippen LogP contribution is -2.55. The summed E-state index contributed by atoms with van der Waals surface area (Å²) in [6.45, 7) is 8.23. The molecule has 0 aromatic rings. The molecule has 3 rings (SSSR count). The van der Waals surface area contributed by atoms with Gasteiger partial charge >= 0.3 is 5.97 Å². The second-order valence-corrected chi connectivity index (χ2v) is 8.78. The molecule has 0 amide bonds. The summed E-state index contributed by atoms with van der Waals surface area (Å²) in [7, 11) is 1.45. The van der Waals surface area contributed by atoms with Crippen LogP contribution in [0.15, 0.2) is 23.3 Å². The van der Waals surface area contributed by atoms with Crippen molar-refractivity contribution in [3.63, 3.8) is 0 Å². The zero-order chi connectivity index (χ0) is 18.6. The molecule has 3 aliphatic rings. The maximum Gasteiger partial charge on any atom is 0.309 e. The third-order valence-corrected chi connectivity index (χ3v) is 7.20. The van der Waals surface area contributed by atoms with Gasteiger partial charge in [0.25, 0.3) is 0 Å². The molecule has 1 unspecified atom stereocenters. The van der Waals surface area contributed by atoms with E-state index in [-0.39, 0.29) is 40.0 Å². The van der Waals surface area contributed by atoms with Crippen molar-refractivity contribution in [2.45, 2.75) is 53.4 Å². The number of methoxy groups -OCH3 is 1. The molecular weight excluding hydrogens is 314 g/mol. The molecule has 0 aromatic carbocycles. The quantitative estimate of drug-likeness (QED) is 0.534. The predicted molar refractivity (Wildman–Crippen MR) is 94.2 cm³/mol. The molecule has 0 aliphatic heterocycles. The molecule has 0 heterocycles. The van der Waals surface area contributed by atoms with E-state index in [2.05, 4.69) is 26.0 Å². The molecule has 4 atom stereocenters. The molecule has 0 radical (unpaired) electrons. The molecule has 1 fully saturated rings. The van der Waals surface area contributed by atoms with Gasteiger partial charge in [0.05, 0.1) is 18.6 Å². The van der Waals surface area contributed by atoms with E-state index in [1.54, 1.807) is 0 Å². The van der Waals surface area contributed by atoms with E-state index in [1.807, 2.05) is 19.9 Å². The number of nitrogens with zero attached hydrogens (tertiary/aromatic N) is 1. The summed E-state index contributed by atoms with van der Waals surface area (Å²) in [5, 5.41) is 9.50. The summed E-state index contributed by atoms with van der Waals surface area (Å²) < 4.78 is 5.09. The Kier molecular flexibility index (Phi) is 3.98. The molecule has 4 heteroatoms. The number of ketones is 1. The van der Waals surface area contributed by atoms with Crippen LogP contribution in [0.1, 0.15) is 53.4 Å². The Bertz CT molecular complexity index is 739. The van der Waals surface area contributed by atoms with Crippen LogP contribution < -0.4 is 0 Å². The first-order chi connectivity index (χ1) is 11.6. The average molecular weight is 341 g/mol. The average Bonchev–Trinajstić information content (AvgIpc) is 2.56. The zero-order valence-corrected chi connectivity index (χ0v) is 15.8. The highest BCUT2D eigenvalue weighted by molar-refractivity contribution is 6.04. The van der Waals surface area contributed by atoms with Gasteiger partial charge in [0.15, 0.2) is 5.78 Å². The largest absolute Gasteiger partial charge is 0.469 e. The number of fused-ring (bicyclic) bond motifs is 3. The third kappa shape index (κ3) is 2.25. The van der Waals surface area contributed by atoms with Crippen molar-refractivity contribution in [1.82, 2.24) is 0 Å². The Morgan fingerprint density at radius 3 is 2.56 bits per heavy atom. The molecule has 134 valence electrons. The highest BCUT2D eigenvalue weighted by Gasteiger charge is 2.60. The van der Waals surface area contributed by atoms with E-state index in [4.69, 9.17) is 4.74 Å². The number of nitriles is 1. The van der Waals surface area contributed by atoms with Gasteiger partial charge in [0, 0.05) is 16.2 Å². The Balaban J connectivity index is 2.18. The number of ether oxygens (including phenoxy) is 1. The van der Waals surface area contributed by atoms with Crippen LogP contribution in [-0.2, 0) is 14.3 Å². The zero-order valence-electron chi connectivity index (χ0n) is 15.8. The second kappa shape index (κ2) is 5.56. The Morgan fingerprint density at radius 2 is 1.96 bits per heavy atom.